The normalized spacial score (nSPS) is 12.2. The van der Waals surface area contributed by atoms with Crippen molar-refractivity contribution in [3.63, 3.8) is 0 Å². The second-order valence-electron chi connectivity index (χ2n) is 6.93. The van der Waals surface area contributed by atoms with Gasteiger partial charge in [-0.1, -0.05) is 48.5 Å². The first kappa shape index (κ1) is 23.6. The Balaban J connectivity index is -0.000000297. The van der Waals surface area contributed by atoms with Crippen LogP contribution in [0.1, 0.15) is 61.3 Å². The maximum absolute atomic E-state index is 8.56. The Morgan fingerprint density at radius 1 is 0.850 bits per heavy atom. The largest absolute Gasteiger partial charge is 0.503 e. The van der Waals surface area contributed by atoms with Crippen molar-refractivity contribution in [2.75, 3.05) is 0 Å². The molecule has 0 aliphatic heterocycles. The number of hydrogen-bond acceptors (Lipinski definition) is 2. The first-order chi connectivity index (χ1) is 8.59. The van der Waals surface area contributed by atoms with Crippen LogP contribution in [0, 0.1) is 16.7 Å². The minimum absolute atomic E-state index is 0.477. The summed E-state index contributed by atoms with van der Waals surface area (Å²) in [5, 5.41) is 27.9. The Hall–Kier alpha value is -1.46. The van der Waals surface area contributed by atoms with Crippen molar-refractivity contribution in [1.29, 1.82) is 0 Å². The molecule has 0 bridgehead atoms. The number of carboxylic acid groups (broad SMARTS) is 4. The molecule has 0 saturated heterocycles. The zero-order chi connectivity index (χ0) is 17.1. The van der Waals surface area contributed by atoms with E-state index in [2.05, 4.69) is 48.5 Å². The third-order valence-corrected chi connectivity index (χ3v) is 2.81. The lowest BCUT2D eigenvalue weighted by atomic mass is 9.76. The van der Waals surface area contributed by atoms with E-state index >= 15 is 0 Å². The van der Waals surface area contributed by atoms with Gasteiger partial charge >= 0.3 is 12.3 Å². The fourth-order valence-corrected chi connectivity index (χ4v) is 1.08. The quantitative estimate of drug-likeness (QED) is 0.573. The lowest BCUT2D eigenvalue weighted by Crippen LogP contribution is -2.19. The maximum Gasteiger partial charge on any atom is 0.503 e. The van der Waals surface area contributed by atoms with E-state index in [1.165, 1.54) is 12.8 Å². The Morgan fingerprint density at radius 2 is 1.10 bits per heavy atom. The molecule has 122 valence electrons. The summed E-state index contributed by atoms with van der Waals surface area (Å²) in [6, 6.07) is 0. The topological polar surface area (TPSA) is 115 Å². The first-order valence-electron chi connectivity index (χ1n) is 6.43. The Bertz CT molecular complexity index is 252. The fourth-order valence-electron chi connectivity index (χ4n) is 1.08. The molecule has 0 aromatic rings. The van der Waals surface area contributed by atoms with Crippen LogP contribution in [0.3, 0.4) is 0 Å². The van der Waals surface area contributed by atoms with Gasteiger partial charge in [-0.25, -0.2) is 9.59 Å². The summed E-state index contributed by atoms with van der Waals surface area (Å²) in [5.41, 5.74) is 0.977. The van der Waals surface area contributed by atoms with Gasteiger partial charge in [-0.2, -0.15) is 0 Å². The molecule has 0 fully saturated rings. The summed E-state index contributed by atoms with van der Waals surface area (Å²) < 4.78 is 0. The SMILES string of the molecule is CC(CCC(C)(C)C)C(C)(C)C.O=C(O)O.O=C(O)O. The molecule has 6 nitrogen and oxygen atoms in total. The zero-order valence-corrected chi connectivity index (χ0v) is 13.6. The molecule has 1 atom stereocenters. The summed E-state index contributed by atoms with van der Waals surface area (Å²) in [6.07, 6.45) is -0.974. The Kier molecular flexibility index (Phi) is 12.2. The Morgan fingerprint density at radius 3 is 1.25 bits per heavy atom. The smallest absolute Gasteiger partial charge is 0.450 e. The molecule has 1 unspecified atom stereocenters. The van der Waals surface area contributed by atoms with Crippen LogP contribution in [0.25, 0.3) is 0 Å². The monoisotopic (exact) mass is 294 g/mol. The van der Waals surface area contributed by atoms with Crippen molar-refractivity contribution >= 4 is 12.3 Å². The highest BCUT2D eigenvalue weighted by Gasteiger charge is 2.21. The molecule has 20 heavy (non-hydrogen) atoms. The molecule has 0 saturated carbocycles. The standard InChI is InChI=1S/C12H26.2CH2O3/c1-10(12(5,6)7)8-9-11(2,3)4;2*2-1(3)4/h10H,8-9H2,1-7H3;2*(H2,2,3,4). The molecule has 0 aliphatic rings. The molecule has 0 aromatic carbocycles. The van der Waals surface area contributed by atoms with Gasteiger partial charge in [0.2, 0.25) is 0 Å². The average Bonchev–Trinajstić information content (AvgIpc) is 2.09. The Labute approximate surface area is 121 Å². The molecular formula is C14H30O6. The molecule has 0 aromatic heterocycles. The number of hydrogen-bond donors (Lipinski definition) is 4. The second kappa shape index (κ2) is 10.3. The molecule has 0 amide bonds. The summed E-state index contributed by atoms with van der Waals surface area (Å²) in [7, 11) is 0. The van der Waals surface area contributed by atoms with E-state index in [0.29, 0.717) is 10.8 Å². The summed E-state index contributed by atoms with van der Waals surface area (Å²) in [5.74, 6) is 0.830. The third-order valence-electron chi connectivity index (χ3n) is 2.81. The fraction of sp³-hybridized carbons (Fsp3) is 0.857. The first-order valence-corrected chi connectivity index (χ1v) is 6.43. The van der Waals surface area contributed by atoms with Gasteiger partial charge in [0, 0.05) is 0 Å². The van der Waals surface area contributed by atoms with Crippen LogP contribution >= 0.6 is 0 Å². The van der Waals surface area contributed by atoms with Gasteiger partial charge in [0.05, 0.1) is 0 Å². The molecule has 4 N–H and O–H groups in total. The molecule has 6 heteroatoms. The molecule has 0 radical (unpaired) electrons. The summed E-state index contributed by atoms with van der Waals surface area (Å²) in [4.78, 5) is 17.1. The van der Waals surface area contributed by atoms with Crippen molar-refractivity contribution in [1.82, 2.24) is 0 Å². The van der Waals surface area contributed by atoms with E-state index in [9.17, 15) is 0 Å². The molecule has 0 rings (SSSR count). The average molecular weight is 294 g/mol. The van der Waals surface area contributed by atoms with Crippen LogP contribution in [0.5, 0.6) is 0 Å². The lowest BCUT2D eigenvalue weighted by molar-refractivity contribution is 0.135. The van der Waals surface area contributed by atoms with E-state index in [4.69, 9.17) is 30.0 Å². The van der Waals surface area contributed by atoms with Crippen molar-refractivity contribution in [2.45, 2.75) is 61.3 Å². The van der Waals surface area contributed by atoms with Gasteiger partial charge < -0.3 is 20.4 Å². The van der Waals surface area contributed by atoms with Crippen LogP contribution in [-0.2, 0) is 0 Å². The van der Waals surface area contributed by atoms with Crippen LogP contribution in [0.2, 0.25) is 0 Å². The highest BCUT2D eigenvalue weighted by molar-refractivity contribution is 5.53. The highest BCUT2D eigenvalue weighted by Crippen LogP contribution is 2.32. The summed E-state index contributed by atoms with van der Waals surface area (Å²) >= 11 is 0. The minimum atomic E-state index is -1.83. The van der Waals surface area contributed by atoms with Gasteiger partial charge in [-0.15, -0.1) is 0 Å². The predicted octanol–water partition coefficient (Wildman–Crippen LogP) is 4.94. The van der Waals surface area contributed by atoms with Crippen molar-refractivity contribution < 1.29 is 30.0 Å². The van der Waals surface area contributed by atoms with Gasteiger partial charge in [0.25, 0.3) is 0 Å². The predicted molar refractivity (Wildman–Crippen MR) is 78.6 cm³/mol. The molecule has 0 spiro atoms. The number of carbonyl (C=O) groups is 2. The van der Waals surface area contributed by atoms with E-state index in [0.717, 1.165) is 5.92 Å². The van der Waals surface area contributed by atoms with Crippen LogP contribution < -0.4 is 0 Å². The van der Waals surface area contributed by atoms with Crippen LogP contribution in [-0.4, -0.2) is 32.7 Å². The summed E-state index contributed by atoms with van der Waals surface area (Å²) in [6.45, 7) is 16.3. The molecule has 0 heterocycles. The third kappa shape index (κ3) is 36.0. The minimum Gasteiger partial charge on any atom is -0.450 e. The second-order valence-corrected chi connectivity index (χ2v) is 6.93. The lowest BCUT2D eigenvalue weighted by Gasteiger charge is -2.30. The van der Waals surface area contributed by atoms with Gasteiger partial charge in [0.1, 0.15) is 0 Å². The van der Waals surface area contributed by atoms with Gasteiger partial charge in [-0.3, -0.25) is 0 Å². The van der Waals surface area contributed by atoms with E-state index < -0.39 is 12.3 Å². The highest BCUT2D eigenvalue weighted by atomic mass is 16.6. The van der Waals surface area contributed by atoms with E-state index in [1.54, 1.807) is 0 Å². The van der Waals surface area contributed by atoms with Crippen molar-refractivity contribution in [3.8, 4) is 0 Å². The van der Waals surface area contributed by atoms with E-state index in [-0.39, 0.29) is 0 Å². The zero-order valence-electron chi connectivity index (χ0n) is 13.6. The molecule has 0 aliphatic carbocycles. The molecular weight excluding hydrogens is 264 g/mol. The van der Waals surface area contributed by atoms with Crippen molar-refractivity contribution in [2.24, 2.45) is 16.7 Å². The van der Waals surface area contributed by atoms with E-state index in [1.807, 2.05) is 0 Å². The number of rotatable bonds is 2. The van der Waals surface area contributed by atoms with Gasteiger partial charge in [-0.05, 0) is 29.6 Å². The van der Waals surface area contributed by atoms with Crippen LogP contribution in [0.4, 0.5) is 9.59 Å². The van der Waals surface area contributed by atoms with Gasteiger partial charge in [0.15, 0.2) is 0 Å². The van der Waals surface area contributed by atoms with Crippen LogP contribution in [0.15, 0.2) is 0 Å². The van der Waals surface area contributed by atoms with Crippen molar-refractivity contribution in [3.05, 3.63) is 0 Å². The maximum atomic E-state index is 8.56.